The van der Waals surface area contributed by atoms with Crippen LogP contribution in [0.1, 0.15) is 18.4 Å². The van der Waals surface area contributed by atoms with Gasteiger partial charge in [0.1, 0.15) is 18.7 Å². The van der Waals surface area contributed by atoms with E-state index in [0.29, 0.717) is 17.0 Å². The highest BCUT2D eigenvalue weighted by atomic mass is 35.5. The van der Waals surface area contributed by atoms with Crippen molar-refractivity contribution in [3.05, 3.63) is 47.5 Å². The molecule has 9 nitrogen and oxygen atoms in total. The number of aromatic amines is 1. The molecule has 4 rings (SSSR count). The van der Waals surface area contributed by atoms with Crippen LogP contribution in [-0.4, -0.2) is 50.9 Å². The number of ether oxygens (including phenoxy) is 1. The first-order valence-corrected chi connectivity index (χ1v) is 9.57. The van der Waals surface area contributed by atoms with Gasteiger partial charge in [-0.1, -0.05) is 30.3 Å². The molecule has 0 radical (unpaired) electrons. The number of nitrogens with one attached hydrogen (secondary N) is 2. The van der Waals surface area contributed by atoms with Crippen LogP contribution in [-0.2, 0) is 20.9 Å². The lowest BCUT2D eigenvalue weighted by Gasteiger charge is -2.23. The van der Waals surface area contributed by atoms with Crippen molar-refractivity contribution in [3.63, 3.8) is 0 Å². The number of nitrogens with zero attached hydrogens (tertiary/aromatic N) is 4. The lowest BCUT2D eigenvalue weighted by atomic mass is 10.2. The molecule has 0 spiro atoms. The molecule has 29 heavy (non-hydrogen) atoms. The van der Waals surface area contributed by atoms with Gasteiger partial charge in [0.05, 0.1) is 12.9 Å². The number of hydrogen-bond acceptors (Lipinski definition) is 7. The van der Waals surface area contributed by atoms with Crippen molar-refractivity contribution in [2.24, 2.45) is 0 Å². The van der Waals surface area contributed by atoms with E-state index in [0.717, 1.165) is 18.4 Å². The Bertz CT molecular complexity index is 1020. The molecule has 1 aliphatic rings. The molecule has 1 fully saturated rings. The first-order chi connectivity index (χ1) is 14.1. The van der Waals surface area contributed by atoms with Gasteiger partial charge in [-0.25, -0.2) is 4.98 Å². The van der Waals surface area contributed by atoms with Gasteiger partial charge in [-0.05, 0) is 30.0 Å². The molecule has 2 heterocycles. The Morgan fingerprint density at radius 1 is 1.24 bits per heavy atom. The molecule has 1 aromatic carbocycles. The molecular formula is C19H19ClN6O3. The molecule has 0 atom stereocenters. The second-order valence-electron chi connectivity index (χ2n) is 6.70. The topological polar surface area (TPSA) is 113 Å². The molecule has 1 saturated carbocycles. The Balaban J connectivity index is 1.35. The van der Waals surface area contributed by atoms with Gasteiger partial charge in [-0.2, -0.15) is 9.97 Å². The zero-order chi connectivity index (χ0) is 20.2. The lowest BCUT2D eigenvalue weighted by Crippen LogP contribution is -2.41. The van der Waals surface area contributed by atoms with E-state index in [1.165, 1.54) is 6.33 Å². The second-order valence-corrected chi connectivity index (χ2v) is 7.04. The zero-order valence-corrected chi connectivity index (χ0v) is 16.2. The highest BCUT2D eigenvalue weighted by molar-refractivity contribution is 6.28. The van der Waals surface area contributed by atoms with Crippen molar-refractivity contribution in [1.82, 2.24) is 25.3 Å². The Morgan fingerprint density at radius 2 is 2.03 bits per heavy atom. The van der Waals surface area contributed by atoms with Gasteiger partial charge in [0, 0.05) is 6.04 Å². The molecule has 0 saturated heterocycles. The number of H-pyrrole nitrogens is 1. The van der Waals surface area contributed by atoms with Gasteiger partial charge in [-0.3, -0.25) is 9.59 Å². The number of esters is 1. The van der Waals surface area contributed by atoms with Crippen molar-refractivity contribution >= 4 is 40.5 Å². The average molecular weight is 415 g/mol. The summed E-state index contributed by atoms with van der Waals surface area (Å²) in [7, 11) is 0. The van der Waals surface area contributed by atoms with Gasteiger partial charge in [0.15, 0.2) is 11.5 Å². The number of hydrogen-bond donors (Lipinski definition) is 2. The van der Waals surface area contributed by atoms with E-state index in [1.807, 2.05) is 35.2 Å². The molecule has 150 valence electrons. The Kier molecular flexibility index (Phi) is 5.57. The van der Waals surface area contributed by atoms with Crippen LogP contribution in [0.3, 0.4) is 0 Å². The summed E-state index contributed by atoms with van der Waals surface area (Å²) in [6.45, 7) is 0.00719. The highest BCUT2D eigenvalue weighted by Gasteiger charge is 2.33. The molecule has 1 aliphatic carbocycles. The van der Waals surface area contributed by atoms with Crippen molar-refractivity contribution in [1.29, 1.82) is 0 Å². The summed E-state index contributed by atoms with van der Waals surface area (Å²) in [5.41, 5.74) is 1.95. The van der Waals surface area contributed by atoms with Crippen LogP contribution in [0, 0.1) is 0 Å². The fourth-order valence-electron chi connectivity index (χ4n) is 2.93. The fraction of sp³-hybridized carbons (Fsp3) is 0.316. The molecule has 1 amide bonds. The van der Waals surface area contributed by atoms with E-state index < -0.39 is 5.97 Å². The summed E-state index contributed by atoms with van der Waals surface area (Å²) >= 11 is 6.01. The van der Waals surface area contributed by atoms with Crippen molar-refractivity contribution < 1.29 is 14.3 Å². The normalized spacial score (nSPS) is 13.3. The Hall–Kier alpha value is -3.20. The largest absolute Gasteiger partial charge is 0.460 e. The number of imidazole rings is 1. The van der Waals surface area contributed by atoms with Crippen LogP contribution in [0.2, 0.25) is 5.28 Å². The van der Waals surface area contributed by atoms with Crippen molar-refractivity contribution in [2.75, 3.05) is 18.0 Å². The first-order valence-electron chi connectivity index (χ1n) is 9.19. The number of benzene rings is 1. The maximum atomic E-state index is 12.4. The highest BCUT2D eigenvalue weighted by Crippen LogP contribution is 2.33. The number of fused-ring (bicyclic) bond motifs is 1. The van der Waals surface area contributed by atoms with Crippen LogP contribution < -0.4 is 10.2 Å². The van der Waals surface area contributed by atoms with Crippen LogP contribution in [0.5, 0.6) is 0 Å². The predicted octanol–water partition coefficient (Wildman–Crippen LogP) is 1.83. The summed E-state index contributed by atoms with van der Waals surface area (Å²) in [5.74, 6) is -0.279. The Morgan fingerprint density at radius 3 is 2.79 bits per heavy atom. The van der Waals surface area contributed by atoms with E-state index in [-0.39, 0.29) is 36.9 Å². The SMILES string of the molecule is O=C(CN(c1nc(Cl)nc2nc[nH]c12)C1CC1)NCC(=O)OCc1ccccc1. The molecule has 3 aromatic rings. The third kappa shape index (κ3) is 4.80. The smallest absolute Gasteiger partial charge is 0.325 e. The van der Waals surface area contributed by atoms with Crippen molar-refractivity contribution in [2.45, 2.75) is 25.5 Å². The summed E-state index contributed by atoms with van der Waals surface area (Å²) < 4.78 is 5.17. The maximum absolute atomic E-state index is 12.4. The molecule has 10 heteroatoms. The minimum absolute atomic E-state index is 0.0398. The number of anilines is 1. The van der Waals surface area contributed by atoms with Crippen LogP contribution in [0.25, 0.3) is 11.2 Å². The van der Waals surface area contributed by atoms with E-state index in [1.54, 1.807) is 0 Å². The second kappa shape index (κ2) is 8.44. The monoisotopic (exact) mass is 414 g/mol. The van der Waals surface area contributed by atoms with E-state index >= 15 is 0 Å². The molecule has 2 aromatic heterocycles. The first kappa shape index (κ1) is 19.1. The minimum Gasteiger partial charge on any atom is -0.460 e. The summed E-state index contributed by atoms with van der Waals surface area (Å²) in [4.78, 5) is 41.6. The van der Waals surface area contributed by atoms with Gasteiger partial charge in [-0.15, -0.1) is 0 Å². The van der Waals surface area contributed by atoms with E-state index in [2.05, 4.69) is 25.3 Å². The van der Waals surface area contributed by atoms with Crippen LogP contribution in [0.4, 0.5) is 5.82 Å². The third-order valence-electron chi connectivity index (χ3n) is 4.49. The molecule has 0 unspecified atom stereocenters. The Labute approximate surface area is 171 Å². The molecular weight excluding hydrogens is 396 g/mol. The number of rotatable bonds is 8. The molecule has 0 aliphatic heterocycles. The van der Waals surface area contributed by atoms with Crippen LogP contribution >= 0.6 is 11.6 Å². The zero-order valence-electron chi connectivity index (χ0n) is 15.5. The molecule has 2 N–H and O–H groups in total. The summed E-state index contributed by atoms with van der Waals surface area (Å²) in [5, 5.41) is 2.67. The van der Waals surface area contributed by atoms with Gasteiger partial charge >= 0.3 is 5.97 Å². The minimum atomic E-state index is -0.499. The van der Waals surface area contributed by atoms with Gasteiger partial charge in [0.2, 0.25) is 11.2 Å². The maximum Gasteiger partial charge on any atom is 0.325 e. The van der Waals surface area contributed by atoms with E-state index in [9.17, 15) is 9.59 Å². The standard InChI is InChI=1S/C19H19ClN6O3/c20-19-24-17-16(22-11-23-17)18(25-19)26(13-6-7-13)9-14(27)21-8-15(28)29-10-12-4-2-1-3-5-12/h1-5,11,13H,6-10H2,(H,21,27)(H,22,23,24,25). The number of carbonyl (C=O) groups excluding carboxylic acids is 2. The van der Waals surface area contributed by atoms with Gasteiger partial charge in [0.25, 0.3) is 0 Å². The number of amides is 1. The number of aromatic nitrogens is 4. The molecule has 0 bridgehead atoms. The van der Waals surface area contributed by atoms with Crippen LogP contribution in [0.15, 0.2) is 36.7 Å². The number of halogens is 1. The summed E-state index contributed by atoms with van der Waals surface area (Å²) in [6.07, 6.45) is 3.40. The van der Waals surface area contributed by atoms with E-state index in [4.69, 9.17) is 16.3 Å². The quantitative estimate of drug-likeness (QED) is 0.427. The lowest BCUT2D eigenvalue weighted by molar-refractivity contribution is -0.145. The predicted molar refractivity (Wildman–Crippen MR) is 106 cm³/mol. The summed E-state index contributed by atoms with van der Waals surface area (Å²) in [6, 6.07) is 9.54. The number of carbonyl (C=O) groups is 2. The third-order valence-corrected chi connectivity index (χ3v) is 4.65. The van der Waals surface area contributed by atoms with Gasteiger partial charge < -0.3 is 19.9 Å². The van der Waals surface area contributed by atoms with Crippen molar-refractivity contribution in [3.8, 4) is 0 Å². The average Bonchev–Trinajstić information content (AvgIpc) is 3.46. The fourth-order valence-corrected chi connectivity index (χ4v) is 3.09.